The van der Waals surface area contributed by atoms with Crippen molar-refractivity contribution in [2.24, 2.45) is 0 Å². The van der Waals surface area contributed by atoms with Gasteiger partial charge in [0.2, 0.25) is 5.91 Å². The van der Waals surface area contributed by atoms with Crippen molar-refractivity contribution in [2.45, 2.75) is 19.8 Å². The molecule has 0 bridgehead atoms. The van der Waals surface area contributed by atoms with E-state index in [0.717, 1.165) is 61.8 Å². The number of benzene rings is 1. The molecule has 3 amide bonds. The molecule has 3 heterocycles. The minimum absolute atomic E-state index is 0.0232. The average Bonchev–Trinajstić information content (AvgIpc) is 3.25. The summed E-state index contributed by atoms with van der Waals surface area (Å²) in [5, 5.41) is 11.8. The number of rotatable bonds is 10. The van der Waals surface area contributed by atoms with Crippen LogP contribution in [0.4, 0.5) is 10.6 Å². The van der Waals surface area contributed by atoms with Gasteiger partial charge in [-0.15, -0.1) is 10.2 Å². The Morgan fingerprint density at radius 3 is 2.64 bits per heavy atom. The van der Waals surface area contributed by atoms with Crippen molar-refractivity contribution in [2.75, 3.05) is 90.7 Å². The Morgan fingerprint density at radius 1 is 1.05 bits per heavy atom. The molecule has 0 atom stereocenters. The van der Waals surface area contributed by atoms with Crippen LogP contribution in [0.25, 0.3) is 11.3 Å². The van der Waals surface area contributed by atoms with Gasteiger partial charge in [-0.3, -0.25) is 9.69 Å². The summed E-state index contributed by atoms with van der Waals surface area (Å²) in [5.41, 5.74) is 1.73. The number of carbonyl (C=O) groups excluding carboxylic acids is 2. The zero-order chi connectivity index (χ0) is 27.5. The summed E-state index contributed by atoms with van der Waals surface area (Å²) in [6.07, 6.45) is 1.67. The van der Waals surface area contributed by atoms with Crippen LogP contribution >= 0.6 is 0 Å². The van der Waals surface area contributed by atoms with E-state index in [-0.39, 0.29) is 18.5 Å². The highest BCUT2D eigenvalue weighted by molar-refractivity contribution is 5.84. The number of aromatic nitrogens is 2. The molecule has 0 unspecified atom stereocenters. The normalized spacial score (nSPS) is 16.5. The zero-order valence-electron chi connectivity index (χ0n) is 23.2. The molecule has 4 rings (SSSR count). The van der Waals surface area contributed by atoms with Crippen LogP contribution in [0.5, 0.6) is 5.75 Å². The molecule has 1 aromatic carbocycles. The van der Waals surface area contributed by atoms with Crippen LogP contribution in [0.15, 0.2) is 36.4 Å². The van der Waals surface area contributed by atoms with Crippen LogP contribution in [0, 0.1) is 0 Å². The summed E-state index contributed by atoms with van der Waals surface area (Å²) in [6.45, 7) is 9.72. The number of hydrogen-bond donors (Lipinski definition) is 1. The van der Waals surface area contributed by atoms with Crippen LogP contribution in [0.2, 0.25) is 0 Å². The molecule has 0 spiro atoms. The minimum atomic E-state index is -0.179. The molecule has 0 radical (unpaired) electrons. The van der Waals surface area contributed by atoms with E-state index in [4.69, 9.17) is 9.47 Å². The Bertz CT molecular complexity index is 1060. The highest BCUT2D eigenvalue weighted by Crippen LogP contribution is 2.23. The van der Waals surface area contributed by atoms with E-state index in [1.165, 1.54) is 0 Å². The number of nitrogens with zero attached hydrogens (tertiary/aromatic N) is 6. The van der Waals surface area contributed by atoms with Gasteiger partial charge >= 0.3 is 6.03 Å². The van der Waals surface area contributed by atoms with E-state index < -0.39 is 0 Å². The second kappa shape index (κ2) is 14.6. The van der Waals surface area contributed by atoms with Crippen molar-refractivity contribution in [3.05, 3.63) is 36.4 Å². The molecule has 1 N–H and O–H groups in total. The number of nitrogens with one attached hydrogen (secondary N) is 1. The lowest BCUT2D eigenvalue weighted by molar-refractivity contribution is -0.131. The van der Waals surface area contributed by atoms with Gasteiger partial charge in [0.05, 0.1) is 26.0 Å². The third kappa shape index (κ3) is 8.27. The Labute approximate surface area is 231 Å². The van der Waals surface area contributed by atoms with Crippen molar-refractivity contribution in [3.63, 3.8) is 0 Å². The van der Waals surface area contributed by atoms with E-state index in [1.54, 1.807) is 12.0 Å². The van der Waals surface area contributed by atoms with Crippen LogP contribution in [0.3, 0.4) is 0 Å². The van der Waals surface area contributed by atoms with Gasteiger partial charge in [-0.2, -0.15) is 0 Å². The highest BCUT2D eigenvalue weighted by atomic mass is 16.5. The summed E-state index contributed by atoms with van der Waals surface area (Å²) in [5.74, 6) is 1.55. The van der Waals surface area contributed by atoms with Gasteiger partial charge in [0.1, 0.15) is 12.3 Å². The van der Waals surface area contributed by atoms with Crippen LogP contribution in [-0.4, -0.2) is 123 Å². The summed E-state index contributed by atoms with van der Waals surface area (Å²) < 4.78 is 10.7. The monoisotopic (exact) mass is 539 g/mol. The molecule has 39 heavy (non-hydrogen) atoms. The molecule has 11 heteroatoms. The van der Waals surface area contributed by atoms with Gasteiger partial charge in [-0.25, -0.2) is 4.79 Å². The zero-order valence-corrected chi connectivity index (χ0v) is 23.2. The first-order valence-corrected chi connectivity index (χ1v) is 13.9. The summed E-state index contributed by atoms with van der Waals surface area (Å²) in [7, 11) is 1.64. The fourth-order valence-electron chi connectivity index (χ4n) is 4.77. The molecule has 2 aromatic rings. The predicted molar refractivity (Wildman–Crippen MR) is 150 cm³/mol. The van der Waals surface area contributed by atoms with E-state index >= 15 is 0 Å². The fourth-order valence-corrected chi connectivity index (χ4v) is 4.77. The molecular formula is C28H41N7O4. The molecule has 11 nitrogen and oxygen atoms in total. The number of anilines is 1. The molecule has 2 aliphatic heterocycles. The maximum Gasteiger partial charge on any atom is 0.317 e. The van der Waals surface area contributed by atoms with Crippen LogP contribution < -0.4 is 15.0 Å². The standard InChI is InChI=1S/C28H41N7O4/c1-3-10-29-28(37)35(14-13-32-17-19-39-20-18-32)22-27(36)34-12-5-11-33(15-16-34)26-9-8-25(30-31-26)23-6-4-7-24(21-23)38-2/h4,6-9,21H,3,5,10-20,22H2,1-2H3,(H,29,37). The molecule has 1 aromatic heterocycles. The van der Waals surface area contributed by atoms with Gasteiger partial charge < -0.3 is 29.5 Å². The number of methoxy groups -OCH3 is 1. The number of urea groups is 1. The van der Waals surface area contributed by atoms with E-state index in [0.29, 0.717) is 45.9 Å². The van der Waals surface area contributed by atoms with Gasteiger partial charge in [0.25, 0.3) is 0 Å². The van der Waals surface area contributed by atoms with Crippen LogP contribution in [0.1, 0.15) is 19.8 Å². The van der Waals surface area contributed by atoms with Gasteiger partial charge in [0.15, 0.2) is 5.82 Å². The quantitative estimate of drug-likeness (QED) is 0.489. The smallest absolute Gasteiger partial charge is 0.317 e. The van der Waals surface area contributed by atoms with Crippen molar-refractivity contribution in [1.29, 1.82) is 0 Å². The van der Waals surface area contributed by atoms with Crippen molar-refractivity contribution in [1.82, 2.24) is 30.2 Å². The Morgan fingerprint density at radius 2 is 1.90 bits per heavy atom. The lowest BCUT2D eigenvalue weighted by atomic mass is 10.1. The second-order valence-corrected chi connectivity index (χ2v) is 9.84. The van der Waals surface area contributed by atoms with Gasteiger partial charge in [0, 0.05) is 64.5 Å². The van der Waals surface area contributed by atoms with E-state index in [2.05, 4.69) is 25.3 Å². The first kappa shape index (κ1) is 28.6. The summed E-state index contributed by atoms with van der Waals surface area (Å²) in [4.78, 5) is 34.1. The first-order chi connectivity index (χ1) is 19.1. The Hall–Kier alpha value is -3.44. The molecule has 0 aliphatic carbocycles. The molecular weight excluding hydrogens is 498 g/mol. The lowest BCUT2D eigenvalue weighted by Crippen LogP contribution is -2.50. The maximum absolute atomic E-state index is 13.3. The molecule has 212 valence electrons. The molecule has 2 saturated heterocycles. The lowest BCUT2D eigenvalue weighted by Gasteiger charge is -2.31. The number of carbonyl (C=O) groups is 2. The number of amides is 3. The van der Waals surface area contributed by atoms with Crippen LogP contribution in [-0.2, 0) is 9.53 Å². The number of ether oxygens (including phenoxy) is 2. The molecule has 0 saturated carbocycles. The minimum Gasteiger partial charge on any atom is -0.497 e. The maximum atomic E-state index is 13.3. The topological polar surface area (TPSA) is 103 Å². The third-order valence-corrected chi connectivity index (χ3v) is 7.12. The number of morpholine rings is 1. The van der Waals surface area contributed by atoms with Crippen molar-refractivity contribution in [3.8, 4) is 17.0 Å². The van der Waals surface area contributed by atoms with E-state index in [1.807, 2.05) is 48.2 Å². The molecule has 2 fully saturated rings. The predicted octanol–water partition coefficient (Wildman–Crippen LogP) is 1.94. The van der Waals surface area contributed by atoms with Gasteiger partial charge in [-0.05, 0) is 37.1 Å². The third-order valence-electron chi connectivity index (χ3n) is 7.12. The molecule has 2 aliphatic rings. The second-order valence-electron chi connectivity index (χ2n) is 9.84. The van der Waals surface area contributed by atoms with Crippen molar-refractivity contribution < 1.29 is 19.1 Å². The fraction of sp³-hybridized carbons (Fsp3) is 0.571. The highest BCUT2D eigenvalue weighted by Gasteiger charge is 2.25. The SMILES string of the molecule is CCCNC(=O)N(CCN1CCOCC1)CC(=O)N1CCCN(c2ccc(-c3cccc(OC)c3)nn2)CC1. The number of hydrogen-bond acceptors (Lipinski definition) is 8. The van der Waals surface area contributed by atoms with E-state index in [9.17, 15) is 9.59 Å². The summed E-state index contributed by atoms with van der Waals surface area (Å²) >= 11 is 0. The Kier molecular flexibility index (Phi) is 10.7. The average molecular weight is 540 g/mol. The van der Waals surface area contributed by atoms with Gasteiger partial charge in [-0.1, -0.05) is 19.1 Å². The van der Waals surface area contributed by atoms with Crippen molar-refractivity contribution >= 4 is 17.8 Å². The first-order valence-electron chi connectivity index (χ1n) is 13.9. The largest absolute Gasteiger partial charge is 0.497 e. The summed E-state index contributed by atoms with van der Waals surface area (Å²) in [6, 6.07) is 11.5. The Balaban J connectivity index is 1.32.